The van der Waals surface area contributed by atoms with Crippen molar-refractivity contribution >= 4 is 17.6 Å². The average Bonchev–Trinajstić information content (AvgIpc) is 2.36. The zero-order valence-corrected chi connectivity index (χ0v) is 10.7. The van der Waals surface area contributed by atoms with Crippen molar-refractivity contribution in [3.63, 3.8) is 0 Å². The molecule has 1 aromatic rings. The van der Waals surface area contributed by atoms with E-state index < -0.39 is 23.6 Å². The quantitative estimate of drug-likeness (QED) is 0.600. The molecule has 1 heterocycles. The minimum Gasteiger partial charge on any atom is -0.299 e. The lowest BCUT2D eigenvalue weighted by atomic mass is 9.78. The van der Waals surface area contributed by atoms with E-state index >= 15 is 0 Å². The summed E-state index contributed by atoms with van der Waals surface area (Å²) in [6.07, 6.45) is 0.0815. The Morgan fingerprint density at radius 2 is 1.84 bits per heavy atom. The molecular formula is C14H14FNO3. The second-order valence-corrected chi connectivity index (χ2v) is 4.74. The van der Waals surface area contributed by atoms with E-state index in [1.165, 1.54) is 38.2 Å². The van der Waals surface area contributed by atoms with E-state index in [1.54, 1.807) is 0 Å². The van der Waals surface area contributed by atoms with Crippen LogP contribution >= 0.6 is 0 Å². The molecule has 0 bridgehead atoms. The average molecular weight is 263 g/mol. The molecule has 2 unspecified atom stereocenters. The number of hydrogen-bond acceptors (Lipinski definition) is 3. The number of benzene rings is 1. The van der Waals surface area contributed by atoms with Crippen molar-refractivity contribution in [3.8, 4) is 0 Å². The smallest absolute Gasteiger partial charge is 0.240 e. The number of amides is 2. The maximum Gasteiger partial charge on any atom is 0.240 e. The van der Waals surface area contributed by atoms with Gasteiger partial charge in [-0.05, 0) is 24.6 Å². The van der Waals surface area contributed by atoms with Crippen LogP contribution in [0.15, 0.2) is 24.3 Å². The Hall–Kier alpha value is -2.04. The van der Waals surface area contributed by atoms with Crippen LogP contribution in [0.1, 0.15) is 24.8 Å². The maximum absolute atomic E-state index is 12.9. The molecule has 0 N–H and O–H groups in total. The van der Waals surface area contributed by atoms with Crippen LogP contribution < -0.4 is 0 Å². The number of carbonyl (C=O) groups is 3. The molecule has 100 valence electrons. The third-order valence-corrected chi connectivity index (χ3v) is 3.50. The van der Waals surface area contributed by atoms with E-state index in [0.717, 1.165) is 4.90 Å². The number of rotatable bonds is 2. The summed E-state index contributed by atoms with van der Waals surface area (Å²) in [7, 11) is 1.38. The van der Waals surface area contributed by atoms with Gasteiger partial charge in [-0.25, -0.2) is 4.39 Å². The van der Waals surface area contributed by atoms with Crippen molar-refractivity contribution in [2.75, 3.05) is 7.05 Å². The van der Waals surface area contributed by atoms with Crippen molar-refractivity contribution in [2.45, 2.75) is 19.3 Å². The van der Waals surface area contributed by atoms with E-state index in [2.05, 4.69) is 0 Å². The topological polar surface area (TPSA) is 54.5 Å². The molecule has 1 aliphatic rings. The highest BCUT2D eigenvalue weighted by Gasteiger charge is 2.42. The van der Waals surface area contributed by atoms with Gasteiger partial charge >= 0.3 is 0 Å². The third kappa shape index (κ3) is 2.41. The van der Waals surface area contributed by atoms with Crippen molar-refractivity contribution in [1.82, 2.24) is 4.90 Å². The summed E-state index contributed by atoms with van der Waals surface area (Å²) in [5.74, 6) is -2.86. The highest BCUT2D eigenvalue weighted by Crippen LogP contribution is 2.34. The molecule has 2 amide bonds. The number of likely N-dealkylation sites (tertiary alicyclic amines) is 1. The van der Waals surface area contributed by atoms with Crippen LogP contribution in [-0.4, -0.2) is 29.5 Å². The van der Waals surface area contributed by atoms with Gasteiger partial charge in [-0.3, -0.25) is 19.3 Å². The van der Waals surface area contributed by atoms with Crippen LogP contribution in [-0.2, 0) is 14.4 Å². The maximum atomic E-state index is 12.9. The Morgan fingerprint density at radius 1 is 1.26 bits per heavy atom. The molecule has 0 aromatic heterocycles. The largest absolute Gasteiger partial charge is 0.299 e. The molecule has 19 heavy (non-hydrogen) atoms. The molecule has 1 aliphatic heterocycles. The van der Waals surface area contributed by atoms with Crippen LogP contribution in [0, 0.1) is 11.7 Å². The molecule has 4 nitrogen and oxygen atoms in total. The Labute approximate surface area is 110 Å². The summed E-state index contributed by atoms with van der Waals surface area (Å²) < 4.78 is 12.9. The van der Waals surface area contributed by atoms with E-state index in [1.807, 2.05) is 0 Å². The van der Waals surface area contributed by atoms with E-state index in [0.29, 0.717) is 5.56 Å². The number of nitrogens with zero attached hydrogens (tertiary/aromatic N) is 1. The van der Waals surface area contributed by atoms with Gasteiger partial charge in [0.05, 0.1) is 0 Å². The number of hydrogen-bond donors (Lipinski definition) is 0. The van der Waals surface area contributed by atoms with Gasteiger partial charge in [0.15, 0.2) is 0 Å². The van der Waals surface area contributed by atoms with Gasteiger partial charge in [-0.2, -0.15) is 0 Å². The SMILES string of the molecule is CC(=O)C1C(=O)N(C)C(=O)CC1c1ccc(F)cc1. The van der Waals surface area contributed by atoms with Crippen LogP contribution in [0.5, 0.6) is 0 Å². The van der Waals surface area contributed by atoms with Crippen LogP contribution in [0.3, 0.4) is 0 Å². The first-order valence-electron chi connectivity index (χ1n) is 5.98. The monoisotopic (exact) mass is 263 g/mol. The number of carbonyl (C=O) groups excluding carboxylic acids is 3. The fourth-order valence-electron chi connectivity index (χ4n) is 2.42. The van der Waals surface area contributed by atoms with Crippen molar-refractivity contribution < 1.29 is 18.8 Å². The summed E-state index contributed by atoms with van der Waals surface area (Å²) in [5, 5.41) is 0. The molecule has 1 fully saturated rings. The Balaban J connectivity index is 2.41. The lowest BCUT2D eigenvalue weighted by Crippen LogP contribution is -2.48. The lowest BCUT2D eigenvalue weighted by molar-refractivity contribution is -0.153. The van der Waals surface area contributed by atoms with Crippen molar-refractivity contribution in [1.29, 1.82) is 0 Å². The third-order valence-electron chi connectivity index (χ3n) is 3.50. The Morgan fingerprint density at radius 3 is 2.37 bits per heavy atom. The molecule has 0 saturated carbocycles. The number of Topliss-reactive ketones (excluding diaryl/α,β-unsaturated/α-hetero) is 1. The van der Waals surface area contributed by atoms with Gasteiger partial charge in [0.1, 0.15) is 17.5 Å². The molecular weight excluding hydrogens is 249 g/mol. The van der Waals surface area contributed by atoms with E-state index in [9.17, 15) is 18.8 Å². The lowest BCUT2D eigenvalue weighted by Gasteiger charge is -2.33. The van der Waals surface area contributed by atoms with Crippen molar-refractivity contribution in [3.05, 3.63) is 35.6 Å². The minimum atomic E-state index is -0.867. The predicted octanol–water partition coefficient (Wildman–Crippen LogP) is 1.50. The standard InChI is InChI=1S/C14H14FNO3/c1-8(17)13-11(7-12(18)16(2)14(13)19)9-3-5-10(15)6-4-9/h3-6,11,13H,7H2,1-2H3. The molecule has 2 atom stereocenters. The first-order valence-corrected chi connectivity index (χ1v) is 5.98. The van der Waals surface area contributed by atoms with Crippen LogP contribution in [0.4, 0.5) is 4.39 Å². The molecule has 2 rings (SSSR count). The highest BCUT2D eigenvalue weighted by atomic mass is 19.1. The highest BCUT2D eigenvalue weighted by molar-refractivity contribution is 6.09. The molecule has 0 spiro atoms. The first-order chi connectivity index (χ1) is 8.91. The number of halogens is 1. The molecule has 1 aromatic carbocycles. The zero-order chi connectivity index (χ0) is 14.2. The summed E-state index contributed by atoms with van der Waals surface area (Å²) in [6, 6.07) is 5.56. The Bertz CT molecular complexity index is 538. The van der Waals surface area contributed by atoms with Crippen LogP contribution in [0.25, 0.3) is 0 Å². The normalized spacial score (nSPS) is 23.6. The second-order valence-electron chi connectivity index (χ2n) is 4.74. The second kappa shape index (κ2) is 4.91. The van der Waals surface area contributed by atoms with Gasteiger partial charge in [0.25, 0.3) is 0 Å². The van der Waals surface area contributed by atoms with Crippen LogP contribution in [0.2, 0.25) is 0 Å². The Kier molecular flexibility index (Phi) is 3.46. The first kappa shape index (κ1) is 13.4. The number of piperidine rings is 1. The molecule has 0 aliphatic carbocycles. The summed E-state index contributed by atoms with van der Waals surface area (Å²) in [4.78, 5) is 36.5. The summed E-state index contributed by atoms with van der Waals surface area (Å²) in [6.45, 7) is 1.34. The van der Waals surface area contributed by atoms with E-state index in [-0.39, 0.29) is 18.1 Å². The van der Waals surface area contributed by atoms with Gasteiger partial charge in [-0.1, -0.05) is 12.1 Å². The van der Waals surface area contributed by atoms with Gasteiger partial charge < -0.3 is 0 Å². The minimum absolute atomic E-state index is 0.0815. The van der Waals surface area contributed by atoms with Crippen molar-refractivity contribution in [2.24, 2.45) is 5.92 Å². The fourth-order valence-corrected chi connectivity index (χ4v) is 2.42. The number of imide groups is 1. The molecule has 1 saturated heterocycles. The number of ketones is 1. The molecule has 5 heteroatoms. The summed E-state index contributed by atoms with van der Waals surface area (Å²) in [5.41, 5.74) is 0.636. The van der Waals surface area contributed by atoms with Gasteiger partial charge in [-0.15, -0.1) is 0 Å². The zero-order valence-electron chi connectivity index (χ0n) is 10.7. The van der Waals surface area contributed by atoms with Gasteiger partial charge in [0, 0.05) is 19.4 Å². The van der Waals surface area contributed by atoms with Gasteiger partial charge in [0.2, 0.25) is 11.8 Å². The predicted molar refractivity (Wildman–Crippen MR) is 65.7 cm³/mol. The molecule has 0 radical (unpaired) electrons. The summed E-state index contributed by atoms with van der Waals surface area (Å²) >= 11 is 0. The fraction of sp³-hybridized carbons (Fsp3) is 0.357. The van der Waals surface area contributed by atoms with E-state index in [4.69, 9.17) is 0 Å².